The van der Waals surface area contributed by atoms with Crippen molar-refractivity contribution in [3.63, 3.8) is 0 Å². The number of halogens is 1. The average Bonchev–Trinajstić information content (AvgIpc) is 2.47. The van der Waals surface area contributed by atoms with Crippen LogP contribution in [-0.4, -0.2) is 54.5 Å². The van der Waals surface area contributed by atoms with Gasteiger partial charge in [0.05, 0.1) is 11.5 Å². The molecule has 0 saturated carbocycles. The summed E-state index contributed by atoms with van der Waals surface area (Å²) >= 11 is 5.85. The van der Waals surface area contributed by atoms with Gasteiger partial charge in [0.15, 0.2) is 0 Å². The molecule has 1 N–H and O–H groups in total. The van der Waals surface area contributed by atoms with E-state index in [4.69, 9.17) is 11.6 Å². The van der Waals surface area contributed by atoms with E-state index < -0.39 is 4.92 Å². The number of rotatable bonds is 5. The fourth-order valence-corrected chi connectivity index (χ4v) is 2.79. The second-order valence-electron chi connectivity index (χ2n) is 5.88. The van der Waals surface area contributed by atoms with Crippen molar-refractivity contribution in [2.45, 2.75) is 19.9 Å². The van der Waals surface area contributed by atoms with Crippen LogP contribution >= 0.6 is 11.6 Å². The normalized spacial score (nSPS) is 15.7. The Morgan fingerprint density at radius 3 is 2.57 bits per heavy atom. The van der Waals surface area contributed by atoms with Crippen LogP contribution in [0.15, 0.2) is 18.2 Å². The minimum absolute atomic E-state index is 0.00548. The van der Waals surface area contributed by atoms with Crippen molar-refractivity contribution < 1.29 is 9.72 Å². The molecule has 1 aliphatic rings. The first-order valence-corrected chi connectivity index (χ1v) is 7.95. The van der Waals surface area contributed by atoms with Gasteiger partial charge in [-0.1, -0.05) is 11.6 Å². The first-order valence-electron chi connectivity index (χ1n) is 7.57. The van der Waals surface area contributed by atoms with E-state index in [-0.39, 0.29) is 17.6 Å². The Morgan fingerprint density at radius 1 is 1.35 bits per heavy atom. The summed E-state index contributed by atoms with van der Waals surface area (Å²) in [5.74, 6) is 0.00548. The zero-order valence-corrected chi connectivity index (χ0v) is 14.0. The number of anilines is 1. The summed E-state index contributed by atoms with van der Waals surface area (Å²) in [5.41, 5.74) is 0.592. The zero-order chi connectivity index (χ0) is 17.0. The summed E-state index contributed by atoms with van der Waals surface area (Å²) in [6, 6.07) is 4.84. The highest BCUT2D eigenvalue weighted by molar-refractivity contribution is 6.30. The fraction of sp³-hybridized carbons (Fsp3) is 0.533. The van der Waals surface area contributed by atoms with Gasteiger partial charge in [-0.2, -0.15) is 0 Å². The number of carbonyl (C=O) groups excluding carboxylic acids is 1. The number of nitro benzene ring substituents is 1. The van der Waals surface area contributed by atoms with Gasteiger partial charge in [-0.3, -0.25) is 19.8 Å². The van der Waals surface area contributed by atoms with Crippen LogP contribution in [-0.2, 0) is 4.79 Å². The molecule has 126 valence electrons. The Labute approximate surface area is 140 Å². The van der Waals surface area contributed by atoms with Gasteiger partial charge in [0.2, 0.25) is 5.91 Å². The van der Waals surface area contributed by atoms with Crippen LogP contribution in [0, 0.1) is 10.1 Å². The van der Waals surface area contributed by atoms with Gasteiger partial charge in [-0.25, -0.2) is 0 Å². The minimum Gasteiger partial charge on any atom is -0.363 e. The van der Waals surface area contributed by atoms with Crippen molar-refractivity contribution in [1.29, 1.82) is 0 Å². The lowest BCUT2D eigenvalue weighted by Gasteiger charge is -2.35. The summed E-state index contributed by atoms with van der Waals surface area (Å²) in [4.78, 5) is 26.6. The third kappa shape index (κ3) is 4.80. The standard InChI is InChI=1S/C15H21ClN4O3/c1-11(2)17-15(21)10-18-5-7-19(8-6-18)13-4-3-12(16)9-14(13)20(22)23/h3-4,9,11H,5-8,10H2,1-2H3,(H,17,21). The molecule has 1 amide bonds. The highest BCUT2D eigenvalue weighted by Crippen LogP contribution is 2.31. The molecule has 2 rings (SSSR count). The monoisotopic (exact) mass is 340 g/mol. The molecule has 0 aliphatic carbocycles. The second-order valence-corrected chi connectivity index (χ2v) is 6.31. The van der Waals surface area contributed by atoms with Crippen LogP contribution in [0.1, 0.15) is 13.8 Å². The second kappa shape index (κ2) is 7.61. The van der Waals surface area contributed by atoms with Crippen molar-refractivity contribution in [3.8, 4) is 0 Å². The average molecular weight is 341 g/mol. The quantitative estimate of drug-likeness (QED) is 0.654. The Hall–Kier alpha value is -1.86. The van der Waals surface area contributed by atoms with E-state index in [2.05, 4.69) is 10.2 Å². The number of nitrogens with one attached hydrogen (secondary N) is 1. The predicted molar refractivity (Wildman–Crippen MR) is 90.0 cm³/mol. The molecule has 0 radical (unpaired) electrons. The third-order valence-electron chi connectivity index (χ3n) is 3.66. The highest BCUT2D eigenvalue weighted by Gasteiger charge is 2.24. The first-order chi connectivity index (χ1) is 10.9. The molecule has 0 unspecified atom stereocenters. The van der Waals surface area contributed by atoms with E-state index in [0.717, 1.165) is 0 Å². The Bertz CT molecular complexity index is 586. The smallest absolute Gasteiger partial charge is 0.294 e. The maximum absolute atomic E-state index is 11.8. The predicted octanol–water partition coefficient (Wildman–Crippen LogP) is 1.89. The van der Waals surface area contributed by atoms with Crippen LogP contribution in [0.4, 0.5) is 11.4 Å². The van der Waals surface area contributed by atoms with Gasteiger partial charge in [0.1, 0.15) is 5.69 Å². The van der Waals surface area contributed by atoms with Crippen LogP contribution in [0.3, 0.4) is 0 Å². The molecule has 1 aromatic rings. The van der Waals surface area contributed by atoms with E-state index in [9.17, 15) is 14.9 Å². The maximum atomic E-state index is 11.8. The van der Waals surface area contributed by atoms with Crippen molar-refractivity contribution in [2.75, 3.05) is 37.6 Å². The molecule has 1 fully saturated rings. The van der Waals surface area contributed by atoms with E-state index in [0.29, 0.717) is 43.4 Å². The molecule has 0 spiro atoms. The number of piperazine rings is 1. The van der Waals surface area contributed by atoms with Crippen molar-refractivity contribution >= 4 is 28.9 Å². The SMILES string of the molecule is CC(C)NC(=O)CN1CCN(c2ccc(Cl)cc2[N+](=O)[O-])CC1. The molecule has 0 aromatic heterocycles. The number of amides is 1. The minimum atomic E-state index is -0.413. The summed E-state index contributed by atoms with van der Waals surface area (Å²) in [7, 11) is 0. The molecule has 23 heavy (non-hydrogen) atoms. The van der Waals surface area contributed by atoms with Gasteiger partial charge in [-0.05, 0) is 26.0 Å². The van der Waals surface area contributed by atoms with E-state index in [1.807, 2.05) is 18.7 Å². The van der Waals surface area contributed by atoms with Crippen LogP contribution in [0.25, 0.3) is 0 Å². The number of benzene rings is 1. The van der Waals surface area contributed by atoms with Gasteiger partial charge < -0.3 is 10.2 Å². The Morgan fingerprint density at radius 2 is 2.00 bits per heavy atom. The number of carbonyl (C=O) groups is 1. The maximum Gasteiger partial charge on any atom is 0.294 e. The summed E-state index contributed by atoms with van der Waals surface area (Å²) in [6.45, 7) is 6.85. The van der Waals surface area contributed by atoms with Crippen LogP contribution in [0.5, 0.6) is 0 Å². The Kier molecular flexibility index (Phi) is 5.79. The molecule has 7 nitrogen and oxygen atoms in total. The molecular formula is C15H21ClN4O3. The molecule has 0 atom stereocenters. The number of hydrogen-bond donors (Lipinski definition) is 1. The molecule has 1 aliphatic heterocycles. The number of nitrogens with zero attached hydrogens (tertiary/aromatic N) is 3. The lowest BCUT2D eigenvalue weighted by atomic mass is 10.2. The molecule has 0 bridgehead atoms. The lowest BCUT2D eigenvalue weighted by molar-refractivity contribution is -0.384. The number of hydrogen-bond acceptors (Lipinski definition) is 5. The van der Waals surface area contributed by atoms with Crippen molar-refractivity contribution in [2.24, 2.45) is 0 Å². The number of nitro groups is 1. The summed E-state index contributed by atoms with van der Waals surface area (Å²) in [5, 5.41) is 14.4. The summed E-state index contributed by atoms with van der Waals surface area (Å²) in [6.07, 6.45) is 0. The largest absolute Gasteiger partial charge is 0.363 e. The lowest BCUT2D eigenvalue weighted by Crippen LogP contribution is -2.50. The fourth-order valence-electron chi connectivity index (χ4n) is 2.63. The first kappa shape index (κ1) is 17.5. The molecule has 1 heterocycles. The van der Waals surface area contributed by atoms with Gasteiger partial charge in [0, 0.05) is 43.3 Å². The van der Waals surface area contributed by atoms with Gasteiger partial charge >= 0.3 is 0 Å². The Balaban J connectivity index is 1.97. The van der Waals surface area contributed by atoms with Crippen LogP contribution in [0.2, 0.25) is 5.02 Å². The summed E-state index contributed by atoms with van der Waals surface area (Å²) < 4.78 is 0. The van der Waals surface area contributed by atoms with Crippen molar-refractivity contribution in [1.82, 2.24) is 10.2 Å². The van der Waals surface area contributed by atoms with E-state index >= 15 is 0 Å². The van der Waals surface area contributed by atoms with Gasteiger partial charge in [0.25, 0.3) is 5.69 Å². The van der Waals surface area contributed by atoms with E-state index in [1.165, 1.54) is 6.07 Å². The molecule has 1 aromatic carbocycles. The van der Waals surface area contributed by atoms with Crippen LogP contribution < -0.4 is 10.2 Å². The topological polar surface area (TPSA) is 78.7 Å². The molecule has 1 saturated heterocycles. The van der Waals surface area contributed by atoms with E-state index in [1.54, 1.807) is 12.1 Å². The molecular weight excluding hydrogens is 320 g/mol. The van der Waals surface area contributed by atoms with Crippen molar-refractivity contribution in [3.05, 3.63) is 33.3 Å². The third-order valence-corrected chi connectivity index (χ3v) is 3.90. The zero-order valence-electron chi connectivity index (χ0n) is 13.3. The highest BCUT2D eigenvalue weighted by atomic mass is 35.5. The van der Waals surface area contributed by atoms with Gasteiger partial charge in [-0.15, -0.1) is 0 Å². The molecule has 8 heteroatoms.